The van der Waals surface area contributed by atoms with Crippen molar-refractivity contribution in [2.75, 3.05) is 13.7 Å². The third-order valence-corrected chi connectivity index (χ3v) is 1.76. The number of benzene rings is 1. The molecule has 1 rings (SSSR count). The van der Waals surface area contributed by atoms with Crippen LogP contribution in [0.25, 0.3) is 0 Å². The minimum atomic E-state index is -0.606. The van der Waals surface area contributed by atoms with Crippen LogP contribution < -0.4 is 10.2 Å². The second-order valence-corrected chi connectivity index (χ2v) is 2.83. The van der Waals surface area contributed by atoms with Crippen molar-refractivity contribution in [2.24, 2.45) is 5.10 Å². The number of para-hydroxylation sites is 1. The Morgan fingerprint density at radius 2 is 2.25 bits per heavy atom. The van der Waals surface area contributed by atoms with Crippen LogP contribution in [-0.2, 0) is 4.74 Å². The van der Waals surface area contributed by atoms with Crippen LogP contribution in [0.1, 0.15) is 12.5 Å². The molecule has 0 bridgehead atoms. The zero-order valence-corrected chi connectivity index (χ0v) is 9.27. The lowest BCUT2D eigenvalue weighted by molar-refractivity contribution is 0.171. The molecule has 0 heterocycles. The maximum Gasteiger partial charge on any atom is 0.427 e. The van der Waals surface area contributed by atoms with Crippen LogP contribution in [-0.4, -0.2) is 26.0 Å². The van der Waals surface area contributed by atoms with Gasteiger partial charge in [0.15, 0.2) is 0 Å². The van der Waals surface area contributed by atoms with Gasteiger partial charge in [0, 0.05) is 5.56 Å². The molecular weight excluding hydrogens is 208 g/mol. The maximum atomic E-state index is 10.7. The molecule has 0 saturated heterocycles. The topological polar surface area (TPSA) is 59.9 Å². The quantitative estimate of drug-likeness (QED) is 0.624. The van der Waals surface area contributed by atoms with E-state index < -0.39 is 6.09 Å². The molecule has 0 saturated carbocycles. The lowest BCUT2D eigenvalue weighted by Gasteiger charge is -2.05. The molecule has 0 radical (unpaired) electrons. The van der Waals surface area contributed by atoms with Gasteiger partial charge in [0.25, 0.3) is 0 Å². The molecule has 5 heteroatoms. The third kappa shape index (κ3) is 3.61. The molecule has 0 aromatic heterocycles. The highest BCUT2D eigenvalue weighted by molar-refractivity contribution is 5.84. The van der Waals surface area contributed by atoms with Gasteiger partial charge in [-0.25, -0.2) is 10.2 Å². The zero-order valence-electron chi connectivity index (χ0n) is 9.27. The average molecular weight is 222 g/mol. The molecule has 1 aromatic carbocycles. The monoisotopic (exact) mass is 222 g/mol. The SMILES string of the molecule is CCOc1ccccc1C=NNC(=O)OC. The summed E-state index contributed by atoms with van der Waals surface area (Å²) in [7, 11) is 1.28. The highest BCUT2D eigenvalue weighted by atomic mass is 16.5. The van der Waals surface area contributed by atoms with Crippen molar-refractivity contribution in [3.05, 3.63) is 29.8 Å². The number of carbonyl (C=O) groups is 1. The number of nitrogens with zero attached hydrogens (tertiary/aromatic N) is 1. The van der Waals surface area contributed by atoms with E-state index in [4.69, 9.17) is 4.74 Å². The molecule has 86 valence electrons. The maximum absolute atomic E-state index is 10.7. The fourth-order valence-corrected chi connectivity index (χ4v) is 1.07. The molecule has 0 unspecified atom stereocenters. The van der Waals surface area contributed by atoms with Crippen LogP contribution in [0.4, 0.5) is 4.79 Å². The van der Waals surface area contributed by atoms with Gasteiger partial charge in [0.05, 0.1) is 19.9 Å². The van der Waals surface area contributed by atoms with Crippen LogP contribution >= 0.6 is 0 Å². The van der Waals surface area contributed by atoms with E-state index in [-0.39, 0.29) is 0 Å². The van der Waals surface area contributed by atoms with Crippen molar-refractivity contribution in [3.8, 4) is 5.75 Å². The fourth-order valence-electron chi connectivity index (χ4n) is 1.07. The van der Waals surface area contributed by atoms with Crippen molar-refractivity contribution < 1.29 is 14.3 Å². The number of hydrazone groups is 1. The van der Waals surface area contributed by atoms with Gasteiger partial charge < -0.3 is 9.47 Å². The van der Waals surface area contributed by atoms with Crippen molar-refractivity contribution >= 4 is 12.3 Å². The Labute approximate surface area is 94.1 Å². The molecule has 0 spiro atoms. The summed E-state index contributed by atoms with van der Waals surface area (Å²) >= 11 is 0. The Morgan fingerprint density at radius 3 is 2.94 bits per heavy atom. The first-order valence-corrected chi connectivity index (χ1v) is 4.86. The molecule has 1 aromatic rings. The van der Waals surface area contributed by atoms with E-state index in [1.165, 1.54) is 13.3 Å². The minimum absolute atomic E-state index is 0.579. The molecule has 1 amide bonds. The van der Waals surface area contributed by atoms with Gasteiger partial charge in [0.2, 0.25) is 0 Å². The van der Waals surface area contributed by atoms with E-state index in [1.807, 2.05) is 31.2 Å². The average Bonchev–Trinajstić information content (AvgIpc) is 2.31. The lowest BCUT2D eigenvalue weighted by Crippen LogP contribution is -2.16. The van der Waals surface area contributed by atoms with Crippen LogP contribution in [0.3, 0.4) is 0 Å². The molecule has 0 fully saturated rings. The molecule has 0 aliphatic heterocycles. The number of rotatable bonds is 4. The molecule has 16 heavy (non-hydrogen) atoms. The number of ether oxygens (including phenoxy) is 2. The number of methoxy groups -OCH3 is 1. The van der Waals surface area contributed by atoms with E-state index in [1.54, 1.807) is 0 Å². The molecular formula is C11H14N2O3. The number of hydrogen-bond donors (Lipinski definition) is 1. The summed E-state index contributed by atoms with van der Waals surface area (Å²) in [6.45, 7) is 2.48. The standard InChI is InChI=1S/C11H14N2O3/c1-3-16-10-7-5-4-6-9(10)8-12-13-11(14)15-2/h4-8H,3H2,1-2H3,(H,13,14). The fraction of sp³-hybridized carbons (Fsp3) is 0.273. The van der Waals surface area contributed by atoms with Crippen molar-refractivity contribution in [1.82, 2.24) is 5.43 Å². The first-order chi connectivity index (χ1) is 7.77. The summed E-state index contributed by atoms with van der Waals surface area (Å²) in [5, 5.41) is 3.73. The van der Waals surface area contributed by atoms with Gasteiger partial charge in [-0.2, -0.15) is 5.10 Å². The molecule has 0 aliphatic rings. The number of nitrogens with one attached hydrogen (secondary N) is 1. The summed E-state index contributed by atoms with van der Waals surface area (Å²) in [6, 6.07) is 7.41. The van der Waals surface area contributed by atoms with Crippen molar-refractivity contribution in [2.45, 2.75) is 6.92 Å². The predicted molar refractivity (Wildman–Crippen MR) is 60.7 cm³/mol. The molecule has 1 N–H and O–H groups in total. The lowest BCUT2D eigenvalue weighted by atomic mass is 10.2. The van der Waals surface area contributed by atoms with Crippen LogP contribution in [0.2, 0.25) is 0 Å². The summed E-state index contributed by atoms with van der Waals surface area (Å²) in [6.07, 6.45) is 0.896. The third-order valence-electron chi connectivity index (χ3n) is 1.76. The van der Waals surface area contributed by atoms with Gasteiger partial charge in [0.1, 0.15) is 5.75 Å². The Kier molecular flexibility index (Phi) is 4.85. The van der Waals surface area contributed by atoms with Gasteiger partial charge in [-0.1, -0.05) is 12.1 Å². The van der Waals surface area contributed by atoms with E-state index in [2.05, 4.69) is 15.3 Å². The van der Waals surface area contributed by atoms with E-state index in [0.29, 0.717) is 6.61 Å². The van der Waals surface area contributed by atoms with E-state index >= 15 is 0 Å². The van der Waals surface area contributed by atoms with Crippen molar-refractivity contribution in [3.63, 3.8) is 0 Å². The van der Waals surface area contributed by atoms with Crippen molar-refractivity contribution in [1.29, 1.82) is 0 Å². The van der Waals surface area contributed by atoms with E-state index in [9.17, 15) is 4.79 Å². The highest BCUT2D eigenvalue weighted by Crippen LogP contribution is 2.15. The van der Waals surface area contributed by atoms with Gasteiger partial charge in [-0.3, -0.25) is 0 Å². The van der Waals surface area contributed by atoms with Gasteiger partial charge in [-0.05, 0) is 19.1 Å². The second kappa shape index (κ2) is 6.44. The first-order valence-electron chi connectivity index (χ1n) is 4.86. The molecule has 5 nitrogen and oxygen atoms in total. The number of hydrogen-bond acceptors (Lipinski definition) is 4. The summed E-state index contributed by atoms with van der Waals surface area (Å²) in [4.78, 5) is 10.7. The Hall–Kier alpha value is -2.04. The van der Waals surface area contributed by atoms with Gasteiger partial charge >= 0.3 is 6.09 Å². The second-order valence-electron chi connectivity index (χ2n) is 2.83. The summed E-state index contributed by atoms with van der Waals surface area (Å²) in [5.41, 5.74) is 3.00. The largest absolute Gasteiger partial charge is 0.493 e. The van der Waals surface area contributed by atoms with Crippen LogP contribution in [0.15, 0.2) is 29.4 Å². The number of amides is 1. The minimum Gasteiger partial charge on any atom is -0.493 e. The molecule has 0 aliphatic carbocycles. The van der Waals surface area contributed by atoms with Crippen LogP contribution in [0, 0.1) is 0 Å². The zero-order chi connectivity index (χ0) is 11.8. The molecule has 0 atom stereocenters. The summed E-state index contributed by atoms with van der Waals surface area (Å²) in [5.74, 6) is 0.723. The first kappa shape index (κ1) is 12.0. The Morgan fingerprint density at radius 1 is 1.50 bits per heavy atom. The normalized spacial score (nSPS) is 10.1. The van der Waals surface area contributed by atoms with E-state index in [0.717, 1.165) is 11.3 Å². The Balaban J connectivity index is 2.68. The Bertz CT molecular complexity index is 377. The number of carbonyl (C=O) groups excluding carboxylic acids is 1. The highest BCUT2D eigenvalue weighted by Gasteiger charge is 1.99. The smallest absolute Gasteiger partial charge is 0.427 e. The van der Waals surface area contributed by atoms with Gasteiger partial charge in [-0.15, -0.1) is 0 Å². The van der Waals surface area contributed by atoms with Crippen LogP contribution in [0.5, 0.6) is 5.75 Å². The summed E-state index contributed by atoms with van der Waals surface area (Å²) < 4.78 is 9.76. The predicted octanol–water partition coefficient (Wildman–Crippen LogP) is 1.78.